The van der Waals surface area contributed by atoms with Crippen molar-refractivity contribution in [3.63, 3.8) is 0 Å². The van der Waals surface area contributed by atoms with Gasteiger partial charge in [0.1, 0.15) is 35.0 Å². The number of ether oxygens (including phenoxy) is 3. The maximum atomic E-state index is 9.79. The van der Waals surface area contributed by atoms with Gasteiger partial charge in [-0.05, 0) is 35.9 Å². The topological polar surface area (TPSA) is 93.6 Å². The number of nitriles is 1. The summed E-state index contributed by atoms with van der Waals surface area (Å²) < 4.78 is 23.2. The third kappa shape index (κ3) is 4.51. The van der Waals surface area contributed by atoms with Crippen molar-refractivity contribution in [2.45, 2.75) is 18.9 Å². The number of aromatic nitrogens is 2. The molecule has 0 atom stereocenters. The Labute approximate surface area is 209 Å². The van der Waals surface area contributed by atoms with Crippen molar-refractivity contribution < 1.29 is 18.6 Å². The summed E-state index contributed by atoms with van der Waals surface area (Å²) in [5, 5.41) is 9.79. The summed E-state index contributed by atoms with van der Waals surface area (Å²) in [6.07, 6.45) is 5.32. The van der Waals surface area contributed by atoms with Gasteiger partial charge >= 0.3 is 0 Å². The molecule has 2 saturated heterocycles. The van der Waals surface area contributed by atoms with Gasteiger partial charge in [-0.3, -0.25) is 4.98 Å². The Morgan fingerprint density at radius 2 is 1.72 bits per heavy atom. The van der Waals surface area contributed by atoms with Gasteiger partial charge in [0.2, 0.25) is 0 Å². The van der Waals surface area contributed by atoms with Crippen molar-refractivity contribution in [2.24, 2.45) is 0 Å². The van der Waals surface area contributed by atoms with E-state index in [2.05, 4.69) is 20.9 Å². The molecule has 6 rings (SSSR count). The molecule has 0 unspecified atom stereocenters. The lowest BCUT2D eigenvalue weighted by Crippen LogP contribution is -2.36. The second kappa shape index (κ2) is 9.97. The first-order valence-corrected chi connectivity index (χ1v) is 12.2. The Balaban J connectivity index is 1.29. The third-order valence-electron chi connectivity index (χ3n) is 6.65. The highest BCUT2D eigenvalue weighted by Crippen LogP contribution is 2.35. The Bertz CT molecular complexity index is 1400. The van der Waals surface area contributed by atoms with E-state index in [-0.39, 0.29) is 6.10 Å². The Kier molecular flexibility index (Phi) is 6.24. The SMILES string of the molecule is N#Cc1cc(-c2ccnc3cc(-c4ccc(N5CCOCC5)nc4)oc23)ccc1OC1CCOCC1. The molecule has 3 aromatic heterocycles. The molecule has 2 aliphatic rings. The zero-order valence-electron chi connectivity index (χ0n) is 19.9. The first-order chi connectivity index (χ1) is 17.8. The van der Waals surface area contributed by atoms with E-state index in [0.717, 1.165) is 67.2 Å². The number of fused-ring (bicyclic) bond motifs is 1. The van der Waals surface area contributed by atoms with Crippen molar-refractivity contribution in [1.29, 1.82) is 5.26 Å². The van der Waals surface area contributed by atoms with E-state index in [0.29, 0.717) is 35.9 Å². The van der Waals surface area contributed by atoms with E-state index in [9.17, 15) is 5.26 Å². The molecular formula is C28H26N4O4. The fourth-order valence-corrected chi connectivity index (χ4v) is 4.68. The summed E-state index contributed by atoms with van der Waals surface area (Å²) in [4.78, 5) is 11.4. The number of anilines is 1. The lowest BCUT2D eigenvalue weighted by molar-refractivity contribution is 0.0254. The molecule has 5 heterocycles. The number of benzene rings is 1. The minimum absolute atomic E-state index is 0.0696. The van der Waals surface area contributed by atoms with E-state index in [1.54, 1.807) is 6.20 Å². The van der Waals surface area contributed by atoms with Crippen LogP contribution >= 0.6 is 0 Å². The number of furan rings is 1. The first kappa shape index (κ1) is 22.5. The highest BCUT2D eigenvalue weighted by Gasteiger charge is 2.19. The average molecular weight is 483 g/mol. The Morgan fingerprint density at radius 1 is 0.917 bits per heavy atom. The van der Waals surface area contributed by atoms with Gasteiger partial charge in [-0.2, -0.15) is 5.26 Å². The van der Waals surface area contributed by atoms with Crippen molar-refractivity contribution in [1.82, 2.24) is 9.97 Å². The van der Waals surface area contributed by atoms with Gasteiger partial charge in [0.25, 0.3) is 0 Å². The predicted octanol–water partition coefficient (Wildman–Crippen LogP) is 4.82. The van der Waals surface area contributed by atoms with Crippen molar-refractivity contribution in [3.05, 3.63) is 60.4 Å². The summed E-state index contributed by atoms with van der Waals surface area (Å²) in [7, 11) is 0. The lowest BCUT2D eigenvalue weighted by Gasteiger charge is -2.27. The van der Waals surface area contributed by atoms with Crippen LogP contribution < -0.4 is 9.64 Å². The normalized spacial score (nSPS) is 16.7. The van der Waals surface area contributed by atoms with E-state index < -0.39 is 0 Å². The minimum atomic E-state index is 0.0696. The fourth-order valence-electron chi connectivity index (χ4n) is 4.68. The molecule has 8 nitrogen and oxygen atoms in total. The van der Waals surface area contributed by atoms with Gasteiger partial charge in [0.15, 0.2) is 5.58 Å². The zero-order valence-corrected chi connectivity index (χ0v) is 19.9. The van der Waals surface area contributed by atoms with Crippen LogP contribution in [0.3, 0.4) is 0 Å². The van der Waals surface area contributed by atoms with Gasteiger partial charge in [-0.25, -0.2) is 4.98 Å². The van der Waals surface area contributed by atoms with Crippen molar-refractivity contribution in [2.75, 3.05) is 44.4 Å². The first-order valence-electron chi connectivity index (χ1n) is 12.2. The van der Waals surface area contributed by atoms with E-state index >= 15 is 0 Å². The van der Waals surface area contributed by atoms with Gasteiger partial charge in [-0.1, -0.05) is 6.07 Å². The summed E-state index contributed by atoms with van der Waals surface area (Å²) in [6.45, 7) is 4.49. The quantitative estimate of drug-likeness (QED) is 0.400. The highest BCUT2D eigenvalue weighted by molar-refractivity contribution is 5.92. The molecule has 0 N–H and O–H groups in total. The monoisotopic (exact) mass is 482 g/mol. The minimum Gasteiger partial charge on any atom is -0.489 e. The summed E-state index contributed by atoms with van der Waals surface area (Å²) in [6, 6.07) is 15.8. The van der Waals surface area contributed by atoms with Crippen LogP contribution in [0.2, 0.25) is 0 Å². The number of nitrogens with zero attached hydrogens (tertiary/aromatic N) is 4. The van der Waals surface area contributed by atoms with Gasteiger partial charge < -0.3 is 23.5 Å². The molecule has 2 aliphatic heterocycles. The van der Waals surface area contributed by atoms with Crippen LogP contribution in [0.1, 0.15) is 18.4 Å². The molecule has 2 fully saturated rings. The van der Waals surface area contributed by atoms with E-state index in [1.165, 1.54) is 0 Å². The predicted molar refractivity (Wildman–Crippen MR) is 135 cm³/mol. The number of morpholine rings is 1. The number of hydrogen-bond donors (Lipinski definition) is 0. The van der Waals surface area contributed by atoms with Gasteiger partial charge in [-0.15, -0.1) is 0 Å². The second-order valence-electron chi connectivity index (χ2n) is 8.94. The smallest absolute Gasteiger partial charge is 0.161 e. The van der Waals surface area contributed by atoms with Crippen LogP contribution in [0.15, 0.2) is 59.3 Å². The maximum Gasteiger partial charge on any atom is 0.161 e. The number of rotatable bonds is 5. The Morgan fingerprint density at radius 3 is 2.50 bits per heavy atom. The zero-order chi connectivity index (χ0) is 24.3. The third-order valence-corrected chi connectivity index (χ3v) is 6.65. The van der Waals surface area contributed by atoms with Crippen molar-refractivity contribution >= 4 is 16.9 Å². The van der Waals surface area contributed by atoms with Crippen LogP contribution in [-0.2, 0) is 9.47 Å². The number of pyridine rings is 2. The van der Waals surface area contributed by atoms with Gasteiger partial charge in [0, 0.05) is 55.5 Å². The molecular weight excluding hydrogens is 456 g/mol. The molecule has 182 valence electrons. The highest BCUT2D eigenvalue weighted by atomic mass is 16.5. The van der Waals surface area contributed by atoms with E-state index in [1.807, 2.05) is 48.7 Å². The summed E-state index contributed by atoms with van der Waals surface area (Å²) in [5.74, 6) is 2.24. The molecule has 8 heteroatoms. The second-order valence-corrected chi connectivity index (χ2v) is 8.94. The molecule has 0 bridgehead atoms. The van der Waals surface area contributed by atoms with Crippen LogP contribution in [0, 0.1) is 11.3 Å². The van der Waals surface area contributed by atoms with Crippen LogP contribution in [0.25, 0.3) is 33.6 Å². The molecule has 0 aliphatic carbocycles. The lowest BCUT2D eigenvalue weighted by atomic mass is 10.0. The molecule has 0 amide bonds. The fraction of sp³-hybridized carbons (Fsp3) is 0.321. The molecule has 1 aromatic carbocycles. The van der Waals surface area contributed by atoms with Gasteiger partial charge in [0.05, 0.1) is 32.0 Å². The largest absolute Gasteiger partial charge is 0.489 e. The summed E-state index contributed by atoms with van der Waals surface area (Å²) >= 11 is 0. The Hall–Kier alpha value is -3.93. The van der Waals surface area contributed by atoms with Crippen LogP contribution in [0.5, 0.6) is 5.75 Å². The average Bonchev–Trinajstić information content (AvgIpc) is 3.39. The van der Waals surface area contributed by atoms with E-state index in [4.69, 9.17) is 18.6 Å². The molecule has 36 heavy (non-hydrogen) atoms. The molecule has 0 radical (unpaired) electrons. The van der Waals surface area contributed by atoms with Crippen LogP contribution in [0.4, 0.5) is 5.82 Å². The standard InChI is InChI=1S/C28H26N4O4/c29-17-21-15-19(1-3-25(21)35-22-6-11-33-12-7-22)23-5-8-30-24-16-26(36-28(23)24)20-2-4-27(31-18-20)32-9-13-34-14-10-32/h1-5,8,15-16,18,22H,6-7,9-14H2. The summed E-state index contributed by atoms with van der Waals surface area (Å²) in [5.41, 5.74) is 4.55. The molecule has 0 saturated carbocycles. The number of hydrogen-bond acceptors (Lipinski definition) is 8. The maximum absolute atomic E-state index is 9.79. The molecule has 4 aromatic rings. The van der Waals surface area contributed by atoms with Crippen LogP contribution in [-0.4, -0.2) is 55.6 Å². The van der Waals surface area contributed by atoms with Crippen molar-refractivity contribution in [3.8, 4) is 34.3 Å². The molecule has 0 spiro atoms.